The Balaban J connectivity index is 1.97. The largest absolute Gasteiger partial charge is 0.507 e. The highest BCUT2D eigenvalue weighted by Gasteiger charge is 2.19. The van der Waals surface area contributed by atoms with Gasteiger partial charge < -0.3 is 10.0 Å². The van der Waals surface area contributed by atoms with Crippen LogP contribution in [0.25, 0.3) is 0 Å². The Labute approximate surface area is 117 Å². The maximum Gasteiger partial charge on any atom is 0.124 e. The van der Waals surface area contributed by atoms with Crippen molar-refractivity contribution >= 4 is 22.1 Å². The molecule has 2 N–H and O–H groups in total. The molecule has 0 aromatic heterocycles. The molecule has 0 amide bonds. The number of likely N-dealkylation sites (tertiary alicyclic amines) is 1. The zero-order chi connectivity index (χ0) is 13.0. The van der Waals surface area contributed by atoms with Crippen molar-refractivity contribution in [3.05, 3.63) is 28.2 Å². The number of hydrogen-bond donors (Lipinski definition) is 2. The molecule has 1 aliphatic rings. The monoisotopic (exact) mass is 311 g/mol. The molecular formula is C14H20BrN2O+. The first-order valence-corrected chi connectivity index (χ1v) is 7.33. The minimum Gasteiger partial charge on any atom is -0.507 e. The van der Waals surface area contributed by atoms with Crippen LogP contribution in [0.2, 0.25) is 0 Å². The van der Waals surface area contributed by atoms with E-state index in [1.165, 1.54) is 19.6 Å². The normalized spacial score (nSPS) is 24.6. The van der Waals surface area contributed by atoms with Gasteiger partial charge in [-0.2, -0.15) is 0 Å². The SMILES string of the molecule is CC[NH+]1CCC(N=Cc2cc(Br)ccc2O)CC1. The molecule has 1 aliphatic heterocycles. The van der Waals surface area contributed by atoms with E-state index in [1.54, 1.807) is 11.0 Å². The Kier molecular flexibility index (Phi) is 4.78. The molecule has 1 fully saturated rings. The molecule has 1 heterocycles. The first-order chi connectivity index (χ1) is 8.69. The fraction of sp³-hybridized carbons (Fsp3) is 0.500. The first kappa shape index (κ1) is 13.6. The number of aromatic hydroxyl groups is 1. The first-order valence-electron chi connectivity index (χ1n) is 6.54. The van der Waals surface area contributed by atoms with Crippen molar-refractivity contribution in [2.24, 2.45) is 4.99 Å². The van der Waals surface area contributed by atoms with Gasteiger partial charge in [-0.1, -0.05) is 15.9 Å². The summed E-state index contributed by atoms with van der Waals surface area (Å²) in [4.78, 5) is 6.28. The number of quaternary nitrogens is 1. The zero-order valence-electron chi connectivity index (χ0n) is 10.7. The van der Waals surface area contributed by atoms with Crippen LogP contribution >= 0.6 is 15.9 Å². The smallest absolute Gasteiger partial charge is 0.124 e. The lowest BCUT2D eigenvalue weighted by atomic mass is 10.1. The number of nitrogens with zero attached hydrogens (tertiary/aromatic N) is 1. The fourth-order valence-electron chi connectivity index (χ4n) is 2.33. The Morgan fingerprint density at radius 1 is 1.44 bits per heavy atom. The third-order valence-electron chi connectivity index (χ3n) is 3.58. The summed E-state index contributed by atoms with van der Waals surface area (Å²) in [5.74, 6) is 0.290. The van der Waals surface area contributed by atoms with Gasteiger partial charge in [-0.05, 0) is 25.1 Å². The van der Waals surface area contributed by atoms with E-state index in [0.29, 0.717) is 11.8 Å². The van der Waals surface area contributed by atoms with E-state index in [9.17, 15) is 5.11 Å². The van der Waals surface area contributed by atoms with Gasteiger partial charge in [-0.3, -0.25) is 4.99 Å². The highest BCUT2D eigenvalue weighted by atomic mass is 79.9. The van der Waals surface area contributed by atoms with Gasteiger partial charge in [0.15, 0.2) is 0 Å². The van der Waals surface area contributed by atoms with Crippen molar-refractivity contribution in [1.29, 1.82) is 0 Å². The summed E-state index contributed by atoms with van der Waals surface area (Å²) < 4.78 is 0.965. The number of benzene rings is 1. The van der Waals surface area contributed by atoms with Gasteiger partial charge in [0.25, 0.3) is 0 Å². The molecule has 98 valence electrons. The second-order valence-corrected chi connectivity index (χ2v) is 5.73. The number of halogens is 1. The lowest BCUT2D eigenvalue weighted by Gasteiger charge is -2.26. The van der Waals surface area contributed by atoms with E-state index in [1.807, 2.05) is 18.3 Å². The molecule has 0 aliphatic carbocycles. The van der Waals surface area contributed by atoms with Crippen molar-refractivity contribution in [2.75, 3.05) is 19.6 Å². The van der Waals surface area contributed by atoms with E-state index in [0.717, 1.165) is 22.9 Å². The maximum absolute atomic E-state index is 9.73. The summed E-state index contributed by atoms with van der Waals surface area (Å²) >= 11 is 3.40. The van der Waals surface area contributed by atoms with Gasteiger partial charge >= 0.3 is 0 Å². The number of hydrogen-bond acceptors (Lipinski definition) is 2. The Morgan fingerprint density at radius 2 is 2.17 bits per heavy atom. The van der Waals surface area contributed by atoms with Crippen LogP contribution in [-0.2, 0) is 0 Å². The van der Waals surface area contributed by atoms with Crippen LogP contribution in [0.5, 0.6) is 5.75 Å². The number of phenolic OH excluding ortho intramolecular Hbond substituents is 1. The van der Waals surface area contributed by atoms with Crippen LogP contribution in [0.3, 0.4) is 0 Å². The second-order valence-electron chi connectivity index (χ2n) is 4.82. The standard InChI is InChI=1S/C14H19BrN2O/c1-2-17-7-5-13(6-8-17)16-10-11-9-12(15)3-4-14(11)18/h3-4,9-10,13,18H,2,5-8H2,1H3/p+1. The van der Waals surface area contributed by atoms with E-state index in [-0.39, 0.29) is 0 Å². The molecule has 0 radical (unpaired) electrons. The average molecular weight is 312 g/mol. The maximum atomic E-state index is 9.73. The predicted octanol–water partition coefficient (Wildman–Crippen LogP) is 1.64. The second kappa shape index (κ2) is 6.34. The summed E-state index contributed by atoms with van der Waals surface area (Å²) in [6.45, 7) is 5.87. The molecule has 1 saturated heterocycles. The van der Waals surface area contributed by atoms with Gasteiger partial charge in [0, 0.05) is 29.1 Å². The van der Waals surface area contributed by atoms with Crippen molar-refractivity contribution in [3.63, 3.8) is 0 Å². The third kappa shape index (κ3) is 3.56. The minimum atomic E-state index is 0.290. The molecule has 4 heteroatoms. The molecule has 0 atom stereocenters. The summed E-state index contributed by atoms with van der Waals surface area (Å²) in [6, 6.07) is 5.83. The van der Waals surface area contributed by atoms with Crippen LogP contribution in [0, 0.1) is 0 Å². The van der Waals surface area contributed by atoms with E-state index in [2.05, 4.69) is 27.8 Å². The molecular weight excluding hydrogens is 292 g/mol. The number of phenols is 1. The van der Waals surface area contributed by atoms with E-state index < -0.39 is 0 Å². The van der Waals surface area contributed by atoms with Gasteiger partial charge in [0.1, 0.15) is 5.75 Å². The van der Waals surface area contributed by atoms with Crippen LogP contribution in [0.4, 0.5) is 0 Å². The molecule has 1 aromatic rings. The minimum absolute atomic E-state index is 0.290. The molecule has 3 nitrogen and oxygen atoms in total. The summed E-state index contributed by atoms with van der Waals surface area (Å²) in [7, 11) is 0. The Morgan fingerprint density at radius 3 is 2.83 bits per heavy atom. The van der Waals surface area contributed by atoms with Crippen LogP contribution in [0.15, 0.2) is 27.7 Å². The third-order valence-corrected chi connectivity index (χ3v) is 4.07. The number of aliphatic imine (C=N–C) groups is 1. The molecule has 2 rings (SSSR count). The predicted molar refractivity (Wildman–Crippen MR) is 77.7 cm³/mol. The molecule has 0 spiro atoms. The molecule has 0 saturated carbocycles. The molecule has 1 aromatic carbocycles. The van der Waals surface area contributed by atoms with Crippen LogP contribution in [0.1, 0.15) is 25.3 Å². The Hall–Kier alpha value is -0.870. The molecule has 0 bridgehead atoms. The lowest BCUT2D eigenvalue weighted by molar-refractivity contribution is -0.903. The average Bonchev–Trinajstić information content (AvgIpc) is 2.40. The van der Waals surface area contributed by atoms with Crippen molar-refractivity contribution in [2.45, 2.75) is 25.8 Å². The highest BCUT2D eigenvalue weighted by molar-refractivity contribution is 9.10. The van der Waals surface area contributed by atoms with Gasteiger partial charge in [-0.15, -0.1) is 0 Å². The number of piperidine rings is 1. The summed E-state index contributed by atoms with van der Waals surface area (Å²) in [6.07, 6.45) is 4.10. The van der Waals surface area contributed by atoms with E-state index in [4.69, 9.17) is 0 Å². The summed E-state index contributed by atoms with van der Waals surface area (Å²) in [5.41, 5.74) is 0.787. The Bertz CT molecular complexity index is 426. The van der Waals surface area contributed by atoms with Gasteiger partial charge in [0.2, 0.25) is 0 Å². The van der Waals surface area contributed by atoms with Crippen molar-refractivity contribution < 1.29 is 10.0 Å². The van der Waals surface area contributed by atoms with Crippen LogP contribution < -0.4 is 4.90 Å². The topological polar surface area (TPSA) is 37.0 Å². The number of nitrogens with one attached hydrogen (secondary N) is 1. The zero-order valence-corrected chi connectivity index (χ0v) is 12.3. The van der Waals surface area contributed by atoms with Crippen molar-refractivity contribution in [3.8, 4) is 5.75 Å². The van der Waals surface area contributed by atoms with E-state index >= 15 is 0 Å². The molecule has 18 heavy (non-hydrogen) atoms. The summed E-state index contributed by atoms with van der Waals surface area (Å²) in [5, 5.41) is 9.73. The van der Waals surface area contributed by atoms with Gasteiger partial charge in [0.05, 0.1) is 25.7 Å². The quantitative estimate of drug-likeness (QED) is 0.818. The highest BCUT2D eigenvalue weighted by Crippen LogP contribution is 2.20. The fourth-order valence-corrected chi connectivity index (χ4v) is 2.71. The van der Waals surface area contributed by atoms with Gasteiger partial charge in [-0.25, -0.2) is 0 Å². The lowest BCUT2D eigenvalue weighted by Crippen LogP contribution is -3.12. The van der Waals surface area contributed by atoms with Crippen LogP contribution in [-0.4, -0.2) is 37.0 Å². The number of rotatable bonds is 3. The van der Waals surface area contributed by atoms with Crippen molar-refractivity contribution in [1.82, 2.24) is 0 Å². The molecule has 0 unspecified atom stereocenters.